The Morgan fingerprint density at radius 3 is 1.85 bits per heavy atom. The minimum absolute atomic E-state index is 0.551. The number of hydrogen-bond acceptors (Lipinski definition) is 4. The van der Waals surface area contributed by atoms with Crippen molar-refractivity contribution in [1.29, 1.82) is 0 Å². The first-order chi connectivity index (χ1) is 20.3. The maximum Gasteiger partial charge on any atom is 0.0434 e. The predicted octanol–water partition coefficient (Wildman–Crippen LogP) is 11.6. The molecule has 3 aromatic heterocycles. The van der Waals surface area contributed by atoms with Crippen molar-refractivity contribution >= 4 is 94.5 Å². The molecule has 2 N–H and O–H groups in total. The van der Waals surface area contributed by atoms with Gasteiger partial charge in [0.05, 0.1) is 0 Å². The van der Waals surface area contributed by atoms with E-state index in [4.69, 9.17) is 5.73 Å². The van der Waals surface area contributed by atoms with Crippen molar-refractivity contribution in [2.24, 2.45) is 5.73 Å². The highest BCUT2D eigenvalue weighted by atomic mass is 32.1. The molecule has 9 aromatic rings. The lowest BCUT2D eigenvalue weighted by molar-refractivity contribution is 1.09. The molecular formula is C37H23NS3. The Hall–Kier alpha value is -4.06. The zero-order valence-electron chi connectivity index (χ0n) is 22.0. The molecule has 4 heteroatoms. The second kappa shape index (κ2) is 8.97. The molecule has 0 radical (unpaired) electrons. The summed E-state index contributed by atoms with van der Waals surface area (Å²) >= 11 is 5.69. The maximum absolute atomic E-state index is 6.15. The highest BCUT2D eigenvalue weighted by molar-refractivity contribution is 7.28. The average Bonchev–Trinajstić information content (AvgIpc) is 3.71. The Balaban J connectivity index is 1.28. The minimum Gasteiger partial charge on any atom is -0.326 e. The van der Waals surface area contributed by atoms with Crippen molar-refractivity contribution < 1.29 is 0 Å². The van der Waals surface area contributed by atoms with Crippen molar-refractivity contribution in [1.82, 2.24) is 0 Å². The molecule has 9 rings (SSSR count). The van der Waals surface area contributed by atoms with E-state index < -0.39 is 0 Å². The first kappa shape index (κ1) is 23.6. The van der Waals surface area contributed by atoms with Gasteiger partial charge in [0.1, 0.15) is 0 Å². The van der Waals surface area contributed by atoms with Crippen LogP contribution in [0, 0.1) is 0 Å². The molecule has 6 aromatic carbocycles. The zero-order chi connectivity index (χ0) is 27.1. The van der Waals surface area contributed by atoms with Crippen LogP contribution in [0.3, 0.4) is 0 Å². The lowest BCUT2D eigenvalue weighted by atomic mass is 9.98. The second-order valence-corrected chi connectivity index (χ2v) is 13.7. The Morgan fingerprint density at radius 2 is 1.05 bits per heavy atom. The summed E-state index contributed by atoms with van der Waals surface area (Å²) in [5.41, 5.74) is 12.6. The van der Waals surface area contributed by atoms with Crippen LogP contribution in [0.5, 0.6) is 0 Å². The SMILES string of the molecule is NCc1cccc2sc3c(-c4cccc5c4sc4c(-c6ccc7c(c6)sc6ccccc67)cccc45)cccc3c12. The van der Waals surface area contributed by atoms with Gasteiger partial charge in [-0.25, -0.2) is 0 Å². The fraction of sp³-hybridized carbons (Fsp3) is 0.0270. The Morgan fingerprint density at radius 1 is 0.439 bits per heavy atom. The summed E-state index contributed by atoms with van der Waals surface area (Å²) in [7, 11) is 0. The molecule has 0 aliphatic carbocycles. The third kappa shape index (κ3) is 3.43. The highest BCUT2D eigenvalue weighted by Gasteiger charge is 2.18. The normalized spacial score (nSPS) is 12.1. The smallest absolute Gasteiger partial charge is 0.0434 e. The van der Waals surface area contributed by atoms with Gasteiger partial charge < -0.3 is 5.73 Å². The summed E-state index contributed by atoms with van der Waals surface area (Å²) < 4.78 is 8.03. The third-order valence-electron chi connectivity index (χ3n) is 8.33. The van der Waals surface area contributed by atoms with Gasteiger partial charge in [-0.1, -0.05) is 97.1 Å². The number of benzene rings is 6. The van der Waals surface area contributed by atoms with Crippen molar-refractivity contribution in [2.75, 3.05) is 0 Å². The molecule has 0 saturated carbocycles. The largest absolute Gasteiger partial charge is 0.326 e. The lowest BCUT2D eigenvalue weighted by Gasteiger charge is -2.06. The molecule has 1 nitrogen and oxygen atoms in total. The van der Waals surface area contributed by atoms with Gasteiger partial charge in [-0.05, 0) is 34.9 Å². The molecule has 0 amide bonds. The zero-order valence-corrected chi connectivity index (χ0v) is 24.4. The van der Waals surface area contributed by atoms with E-state index in [1.54, 1.807) is 0 Å². The molecule has 0 saturated heterocycles. The third-order valence-corrected chi connectivity index (χ3v) is 12.0. The van der Waals surface area contributed by atoms with E-state index in [1.807, 2.05) is 34.0 Å². The Bertz CT molecular complexity index is 2470. The van der Waals surface area contributed by atoms with Crippen LogP contribution < -0.4 is 5.73 Å². The first-order valence-electron chi connectivity index (χ1n) is 13.8. The molecule has 0 atom stereocenters. The molecule has 41 heavy (non-hydrogen) atoms. The summed E-state index contributed by atoms with van der Waals surface area (Å²) in [4.78, 5) is 0. The summed E-state index contributed by atoms with van der Waals surface area (Å²) in [5.74, 6) is 0. The number of hydrogen-bond donors (Lipinski definition) is 1. The minimum atomic E-state index is 0.551. The van der Waals surface area contributed by atoms with Crippen LogP contribution in [-0.4, -0.2) is 0 Å². The molecule has 3 heterocycles. The molecule has 0 fully saturated rings. The maximum atomic E-state index is 6.15. The van der Waals surface area contributed by atoms with Gasteiger partial charge in [-0.15, -0.1) is 34.0 Å². The van der Waals surface area contributed by atoms with Crippen LogP contribution >= 0.6 is 34.0 Å². The summed E-state index contributed by atoms with van der Waals surface area (Å²) in [5, 5.41) is 7.95. The highest BCUT2D eigenvalue weighted by Crippen LogP contribution is 2.48. The van der Waals surface area contributed by atoms with Crippen LogP contribution in [0.25, 0.3) is 82.8 Å². The predicted molar refractivity (Wildman–Crippen MR) is 184 cm³/mol. The van der Waals surface area contributed by atoms with Gasteiger partial charge in [-0.3, -0.25) is 0 Å². The van der Waals surface area contributed by atoms with Crippen molar-refractivity contribution in [3.8, 4) is 22.3 Å². The quantitative estimate of drug-likeness (QED) is 0.222. The standard InChI is InChI=1S/C37H23NS3/c38-20-22-7-3-16-32-34(22)30-14-6-13-29(37(30)40-32)28-12-5-11-27-26-10-4-9-23(35(26)41-36(27)28)21-17-18-25-24-8-1-2-15-31(24)39-33(25)19-21/h1-19H,20,38H2. The molecule has 0 aliphatic heterocycles. The second-order valence-electron chi connectivity index (χ2n) is 10.6. The van der Waals surface area contributed by atoms with Crippen LogP contribution in [0.2, 0.25) is 0 Å². The Labute approximate surface area is 248 Å². The van der Waals surface area contributed by atoms with Gasteiger partial charge >= 0.3 is 0 Å². The molecule has 0 bridgehead atoms. The summed E-state index contributed by atoms with van der Waals surface area (Å²) in [6.45, 7) is 0.551. The van der Waals surface area contributed by atoms with Crippen molar-refractivity contribution in [2.45, 2.75) is 6.54 Å². The van der Waals surface area contributed by atoms with E-state index in [0.717, 1.165) is 0 Å². The van der Waals surface area contributed by atoms with Gasteiger partial charge in [0.2, 0.25) is 0 Å². The van der Waals surface area contributed by atoms with Crippen molar-refractivity contribution in [3.63, 3.8) is 0 Å². The summed E-state index contributed by atoms with van der Waals surface area (Å²) in [6, 6.07) is 42.5. The average molecular weight is 578 g/mol. The van der Waals surface area contributed by atoms with E-state index in [9.17, 15) is 0 Å². The van der Waals surface area contributed by atoms with Crippen LogP contribution in [-0.2, 0) is 6.54 Å². The van der Waals surface area contributed by atoms with E-state index in [0.29, 0.717) is 6.54 Å². The van der Waals surface area contributed by atoms with Gasteiger partial charge in [0.15, 0.2) is 0 Å². The van der Waals surface area contributed by atoms with E-state index >= 15 is 0 Å². The number of nitrogens with two attached hydrogens (primary N) is 1. The number of rotatable bonds is 3. The number of fused-ring (bicyclic) bond motifs is 9. The molecule has 0 spiro atoms. The molecule has 194 valence electrons. The molecule has 0 unspecified atom stereocenters. The lowest BCUT2D eigenvalue weighted by Crippen LogP contribution is -1.95. The van der Waals surface area contributed by atoms with Gasteiger partial charge in [-0.2, -0.15) is 0 Å². The fourth-order valence-corrected chi connectivity index (χ4v) is 10.2. The summed E-state index contributed by atoms with van der Waals surface area (Å²) in [6.07, 6.45) is 0. The molecule has 0 aliphatic rings. The van der Waals surface area contributed by atoms with Crippen LogP contribution in [0.4, 0.5) is 0 Å². The van der Waals surface area contributed by atoms with Crippen molar-refractivity contribution in [3.05, 3.63) is 121 Å². The van der Waals surface area contributed by atoms with Gasteiger partial charge in [0.25, 0.3) is 0 Å². The number of thiophene rings is 3. The topological polar surface area (TPSA) is 26.0 Å². The Kier molecular flexibility index (Phi) is 5.17. The van der Waals surface area contributed by atoms with Crippen LogP contribution in [0.15, 0.2) is 115 Å². The van der Waals surface area contributed by atoms with E-state index in [1.165, 1.54) is 88.3 Å². The van der Waals surface area contributed by atoms with Crippen LogP contribution in [0.1, 0.15) is 5.56 Å². The van der Waals surface area contributed by atoms with Gasteiger partial charge in [0, 0.05) is 78.2 Å². The van der Waals surface area contributed by atoms with E-state index in [-0.39, 0.29) is 0 Å². The van der Waals surface area contributed by atoms with E-state index in [2.05, 4.69) is 115 Å². The monoisotopic (exact) mass is 577 g/mol. The fourth-order valence-electron chi connectivity index (χ4n) is 6.46. The first-order valence-corrected chi connectivity index (χ1v) is 16.2. The molecular weight excluding hydrogens is 555 g/mol.